The van der Waals surface area contributed by atoms with E-state index in [1.54, 1.807) is 36.4 Å². The normalized spacial score (nSPS) is 14.9. The Bertz CT molecular complexity index is 1020. The van der Waals surface area contributed by atoms with Crippen LogP contribution in [0.1, 0.15) is 31.4 Å². The van der Waals surface area contributed by atoms with Gasteiger partial charge in [-0.15, -0.1) is 0 Å². The molecule has 0 atom stereocenters. The molecule has 0 radical (unpaired) electrons. The average molecular weight is 425 g/mol. The Morgan fingerprint density at radius 2 is 1.70 bits per heavy atom. The highest BCUT2D eigenvalue weighted by atomic mass is 32.2. The molecule has 5 nitrogen and oxygen atoms in total. The Hall–Kier alpha value is -2.70. The summed E-state index contributed by atoms with van der Waals surface area (Å²) in [4.78, 5) is 14.6. The van der Waals surface area contributed by atoms with Crippen LogP contribution in [0.5, 0.6) is 0 Å². The van der Waals surface area contributed by atoms with Gasteiger partial charge in [-0.25, -0.2) is 8.42 Å². The minimum Gasteiger partial charge on any atom is -0.335 e. The summed E-state index contributed by atoms with van der Waals surface area (Å²) in [6, 6.07) is 16.9. The van der Waals surface area contributed by atoms with E-state index in [0.29, 0.717) is 26.2 Å². The number of amides is 1. The fourth-order valence-corrected chi connectivity index (χ4v) is 4.98. The standard InChI is InChI=1S/C24H28N2O3S/c1-3-26(4-2)30(28,29)23-13-10-20(11-14-23)12-15-24(27)25-18-16-22(17-19-25)21-8-6-5-7-9-21/h5-16H,3-4,17-19H2,1-2H3. The van der Waals surface area contributed by atoms with E-state index in [1.807, 2.05) is 36.9 Å². The molecule has 6 heteroatoms. The second-order valence-electron chi connectivity index (χ2n) is 7.12. The number of rotatable bonds is 7. The van der Waals surface area contributed by atoms with E-state index in [1.165, 1.54) is 15.4 Å². The fraction of sp³-hybridized carbons (Fsp3) is 0.292. The van der Waals surface area contributed by atoms with Gasteiger partial charge in [0.2, 0.25) is 15.9 Å². The third-order valence-electron chi connectivity index (χ3n) is 5.31. The molecule has 1 aliphatic heterocycles. The Kier molecular flexibility index (Phi) is 7.24. The first kappa shape index (κ1) is 22.0. The first-order valence-corrected chi connectivity index (χ1v) is 11.7. The van der Waals surface area contributed by atoms with Gasteiger partial charge in [-0.05, 0) is 41.3 Å². The Balaban J connectivity index is 1.62. The van der Waals surface area contributed by atoms with Gasteiger partial charge in [0.1, 0.15) is 0 Å². The monoisotopic (exact) mass is 424 g/mol. The summed E-state index contributed by atoms with van der Waals surface area (Å²) in [5.41, 5.74) is 3.27. The number of hydrogen-bond donors (Lipinski definition) is 0. The second kappa shape index (κ2) is 9.87. The highest BCUT2D eigenvalue weighted by Crippen LogP contribution is 2.22. The molecule has 30 heavy (non-hydrogen) atoms. The number of hydrogen-bond acceptors (Lipinski definition) is 3. The molecule has 0 saturated carbocycles. The van der Waals surface area contributed by atoms with Crippen molar-refractivity contribution in [1.82, 2.24) is 9.21 Å². The van der Waals surface area contributed by atoms with Crippen LogP contribution < -0.4 is 0 Å². The number of carbonyl (C=O) groups is 1. The van der Waals surface area contributed by atoms with Crippen LogP contribution in [0.25, 0.3) is 11.6 Å². The third kappa shape index (κ3) is 5.07. The van der Waals surface area contributed by atoms with Crippen molar-refractivity contribution in [1.29, 1.82) is 0 Å². The maximum Gasteiger partial charge on any atom is 0.246 e. The lowest BCUT2D eigenvalue weighted by atomic mass is 9.99. The topological polar surface area (TPSA) is 57.7 Å². The fourth-order valence-electron chi connectivity index (χ4n) is 3.52. The van der Waals surface area contributed by atoms with Gasteiger partial charge in [0.15, 0.2) is 0 Å². The van der Waals surface area contributed by atoms with Crippen molar-refractivity contribution >= 4 is 27.6 Å². The Morgan fingerprint density at radius 3 is 2.27 bits per heavy atom. The summed E-state index contributed by atoms with van der Waals surface area (Å²) in [7, 11) is -3.47. The number of nitrogens with zero attached hydrogens (tertiary/aromatic N) is 2. The summed E-state index contributed by atoms with van der Waals surface area (Å²) >= 11 is 0. The van der Waals surface area contributed by atoms with Crippen molar-refractivity contribution in [3.05, 3.63) is 77.9 Å². The summed E-state index contributed by atoms with van der Waals surface area (Å²) in [6.45, 7) is 5.79. The van der Waals surface area contributed by atoms with Crippen LogP contribution >= 0.6 is 0 Å². The molecule has 2 aromatic carbocycles. The van der Waals surface area contributed by atoms with Gasteiger partial charge >= 0.3 is 0 Å². The molecule has 0 unspecified atom stereocenters. The predicted octanol–water partition coefficient (Wildman–Crippen LogP) is 4.05. The van der Waals surface area contributed by atoms with E-state index in [9.17, 15) is 13.2 Å². The smallest absolute Gasteiger partial charge is 0.246 e. The van der Waals surface area contributed by atoms with Crippen LogP contribution in [0.15, 0.2) is 71.6 Å². The summed E-state index contributed by atoms with van der Waals surface area (Å²) in [5, 5.41) is 0. The van der Waals surface area contributed by atoms with Gasteiger partial charge in [0.25, 0.3) is 0 Å². The quantitative estimate of drug-likeness (QED) is 0.630. The highest BCUT2D eigenvalue weighted by molar-refractivity contribution is 7.89. The largest absolute Gasteiger partial charge is 0.335 e. The minimum atomic E-state index is -3.47. The third-order valence-corrected chi connectivity index (χ3v) is 7.37. The van der Waals surface area contributed by atoms with Crippen LogP contribution in [0, 0.1) is 0 Å². The van der Waals surface area contributed by atoms with Gasteiger partial charge < -0.3 is 4.90 Å². The maximum atomic E-state index is 12.5. The molecule has 0 aromatic heterocycles. The van der Waals surface area contributed by atoms with E-state index >= 15 is 0 Å². The Morgan fingerprint density at radius 1 is 1.03 bits per heavy atom. The average Bonchev–Trinajstić information content (AvgIpc) is 2.79. The van der Waals surface area contributed by atoms with Crippen molar-refractivity contribution in [2.45, 2.75) is 25.2 Å². The molecule has 1 heterocycles. The van der Waals surface area contributed by atoms with Gasteiger partial charge in [-0.2, -0.15) is 4.31 Å². The minimum absolute atomic E-state index is 0.0433. The zero-order valence-corrected chi connectivity index (χ0v) is 18.3. The predicted molar refractivity (Wildman–Crippen MR) is 121 cm³/mol. The first-order chi connectivity index (χ1) is 14.5. The number of benzene rings is 2. The molecule has 3 rings (SSSR count). The van der Waals surface area contributed by atoms with Crippen LogP contribution in [-0.2, 0) is 14.8 Å². The van der Waals surface area contributed by atoms with E-state index < -0.39 is 10.0 Å². The van der Waals surface area contributed by atoms with E-state index in [0.717, 1.165) is 12.0 Å². The molecule has 0 N–H and O–H groups in total. The summed E-state index contributed by atoms with van der Waals surface area (Å²) < 4.78 is 26.5. The lowest BCUT2D eigenvalue weighted by Gasteiger charge is -2.25. The van der Waals surface area contributed by atoms with Crippen molar-refractivity contribution in [3.8, 4) is 0 Å². The lowest BCUT2D eigenvalue weighted by molar-refractivity contribution is -0.125. The molecule has 0 fully saturated rings. The van der Waals surface area contributed by atoms with Gasteiger partial charge in [0, 0.05) is 32.3 Å². The molecule has 0 bridgehead atoms. The first-order valence-electron chi connectivity index (χ1n) is 10.3. The molecule has 0 saturated heterocycles. The molecule has 1 amide bonds. The lowest BCUT2D eigenvalue weighted by Crippen LogP contribution is -2.33. The molecule has 0 spiro atoms. The molecule has 0 aliphatic carbocycles. The molecule has 158 valence electrons. The number of carbonyl (C=O) groups excluding carboxylic acids is 1. The van der Waals surface area contributed by atoms with Crippen molar-refractivity contribution in [2.24, 2.45) is 0 Å². The van der Waals surface area contributed by atoms with Crippen LogP contribution in [-0.4, -0.2) is 49.7 Å². The Labute approximate surface area is 179 Å². The summed E-state index contributed by atoms with van der Waals surface area (Å²) in [6.07, 6.45) is 6.22. The number of sulfonamides is 1. The van der Waals surface area contributed by atoms with E-state index in [2.05, 4.69) is 18.2 Å². The van der Waals surface area contributed by atoms with Crippen molar-refractivity contribution < 1.29 is 13.2 Å². The molecule has 1 aliphatic rings. The van der Waals surface area contributed by atoms with Crippen molar-refractivity contribution in [2.75, 3.05) is 26.2 Å². The van der Waals surface area contributed by atoms with E-state index in [4.69, 9.17) is 0 Å². The van der Waals surface area contributed by atoms with Gasteiger partial charge in [-0.1, -0.05) is 62.4 Å². The zero-order chi connectivity index (χ0) is 21.6. The van der Waals surface area contributed by atoms with Gasteiger partial charge in [-0.3, -0.25) is 4.79 Å². The maximum absolute atomic E-state index is 12.5. The van der Waals surface area contributed by atoms with Crippen LogP contribution in [0.2, 0.25) is 0 Å². The van der Waals surface area contributed by atoms with Gasteiger partial charge in [0.05, 0.1) is 4.90 Å². The van der Waals surface area contributed by atoms with E-state index in [-0.39, 0.29) is 10.8 Å². The molecular formula is C24H28N2O3S. The SMILES string of the molecule is CCN(CC)S(=O)(=O)c1ccc(C=CC(=O)N2CC=C(c3ccccc3)CC2)cc1. The van der Waals surface area contributed by atoms with Crippen molar-refractivity contribution in [3.63, 3.8) is 0 Å². The molecule has 2 aromatic rings. The zero-order valence-electron chi connectivity index (χ0n) is 17.5. The van der Waals surface area contributed by atoms with Crippen LogP contribution in [0.4, 0.5) is 0 Å². The highest BCUT2D eigenvalue weighted by Gasteiger charge is 2.21. The van der Waals surface area contributed by atoms with Crippen LogP contribution in [0.3, 0.4) is 0 Å². The summed E-state index contributed by atoms with van der Waals surface area (Å²) in [5.74, 6) is -0.0433. The molecular weight excluding hydrogens is 396 g/mol. The second-order valence-corrected chi connectivity index (χ2v) is 9.06.